The molecular formula is C22H24N6O. The zero-order chi connectivity index (χ0) is 19.9. The molecule has 1 aliphatic heterocycles. The number of aryl methyl sites for hydroxylation is 1. The molecule has 1 amide bonds. The lowest BCUT2D eigenvalue weighted by Crippen LogP contribution is -2.39. The minimum absolute atomic E-state index is 0.212. The van der Waals surface area contributed by atoms with E-state index in [4.69, 9.17) is 0 Å². The van der Waals surface area contributed by atoms with Gasteiger partial charge in [-0.25, -0.2) is 19.9 Å². The van der Waals surface area contributed by atoms with Crippen LogP contribution in [0.1, 0.15) is 36.4 Å². The van der Waals surface area contributed by atoms with Crippen LogP contribution in [0, 0.1) is 0 Å². The van der Waals surface area contributed by atoms with Gasteiger partial charge in [0.1, 0.15) is 0 Å². The molecule has 2 aromatic heterocycles. The monoisotopic (exact) mass is 388 g/mol. The Balaban J connectivity index is 1.38. The molecule has 1 saturated heterocycles. The van der Waals surface area contributed by atoms with Crippen LogP contribution in [0.2, 0.25) is 0 Å². The molecule has 1 atom stereocenters. The highest BCUT2D eigenvalue weighted by atomic mass is 16.2. The maximum atomic E-state index is 12.7. The van der Waals surface area contributed by atoms with E-state index < -0.39 is 0 Å². The predicted octanol–water partition coefficient (Wildman–Crippen LogP) is 3.35. The number of carbonyl (C=O) groups is 1. The average Bonchev–Trinajstić information content (AvgIpc) is 2.79. The molecule has 0 bridgehead atoms. The molecule has 0 radical (unpaired) electrons. The summed E-state index contributed by atoms with van der Waals surface area (Å²) in [5.41, 5.74) is 2.14. The molecule has 7 nitrogen and oxygen atoms in total. The summed E-state index contributed by atoms with van der Waals surface area (Å²) in [5, 5.41) is 3.03. The summed E-state index contributed by atoms with van der Waals surface area (Å²) in [4.78, 5) is 31.9. The normalized spacial score (nSPS) is 16.4. The van der Waals surface area contributed by atoms with Gasteiger partial charge in [-0.1, -0.05) is 30.3 Å². The summed E-state index contributed by atoms with van der Waals surface area (Å²) in [6.07, 6.45) is 8.39. The Morgan fingerprint density at radius 3 is 2.62 bits per heavy atom. The van der Waals surface area contributed by atoms with Crippen LogP contribution in [0.25, 0.3) is 0 Å². The van der Waals surface area contributed by atoms with Gasteiger partial charge in [-0.3, -0.25) is 10.1 Å². The van der Waals surface area contributed by atoms with Gasteiger partial charge in [0.2, 0.25) is 17.8 Å². The molecule has 1 fully saturated rings. The summed E-state index contributed by atoms with van der Waals surface area (Å²) < 4.78 is 0. The van der Waals surface area contributed by atoms with Crippen molar-refractivity contribution in [2.75, 3.05) is 18.4 Å². The maximum absolute atomic E-state index is 12.7. The molecule has 0 unspecified atom stereocenters. The Bertz CT molecular complexity index is 934. The number of amides is 1. The molecule has 0 saturated carbocycles. The van der Waals surface area contributed by atoms with E-state index in [-0.39, 0.29) is 11.8 Å². The standard InChI is InChI=1S/C22H24N6O/c29-20(10-9-17-6-2-1-3-7-17)28-15-4-8-18(16-28)19-11-14-25-22(26-19)27-21-23-12-5-13-24-21/h1-3,5-7,11-14,18H,4,8-10,15-16H2,(H,23,24,25,26,27)/t18-/m0/s1. The average molecular weight is 388 g/mol. The molecule has 29 heavy (non-hydrogen) atoms. The van der Waals surface area contributed by atoms with Crippen LogP contribution in [0.5, 0.6) is 0 Å². The zero-order valence-electron chi connectivity index (χ0n) is 16.2. The number of aromatic nitrogens is 4. The number of hydrogen-bond donors (Lipinski definition) is 1. The van der Waals surface area contributed by atoms with Crippen LogP contribution in [-0.2, 0) is 11.2 Å². The third-order valence-corrected chi connectivity index (χ3v) is 5.13. The highest BCUT2D eigenvalue weighted by Crippen LogP contribution is 2.26. The number of hydrogen-bond acceptors (Lipinski definition) is 6. The van der Waals surface area contributed by atoms with Gasteiger partial charge in [-0.2, -0.15) is 0 Å². The second-order valence-electron chi connectivity index (χ2n) is 7.17. The van der Waals surface area contributed by atoms with E-state index in [0.29, 0.717) is 24.9 Å². The molecular weight excluding hydrogens is 364 g/mol. The van der Waals surface area contributed by atoms with Gasteiger partial charge in [-0.15, -0.1) is 0 Å². The Morgan fingerprint density at radius 1 is 1.00 bits per heavy atom. The second-order valence-corrected chi connectivity index (χ2v) is 7.17. The summed E-state index contributed by atoms with van der Waals surface area (Å²) in [5.74, 6) is 1.36. The fourth-order valence-electron chi connectivity index (χ4n) is 3.62. The number of nitrogens with one attached hydrogen (secondary N) is 1. The maximum Gasteiger partial charge on any atom is 0.229 e. The highest BCUT2D eigenvalue weighted by Gasteiger charge is 2.25. The van der Waals surface area contributed by atoms with Gasteiger partial charge in [0.05, 0.1) is 5.69 Å². The van der Waals surface area contributed by atoms with E-state index in [1.54, 1.807) is 24.7 Å². The largest absolute Gasteiger partial charge is 0.342 e. The van der Waals surface area contributed by atoms with Crippen molar-refractivity contribution in [1.29, 1.82) is 0 Å². The molecule has 1 N–H and O–H groups in total. The van der Waals surface area contributed by atoms with Gasteiger partial charge in [0, 0.05) is 44.0 Å². The van der Waals surface area contributed by atoms with E-state index in [2.05, 4.69) is 37.4 Å². The quantitative estimate of drug-likeness (QED) is 0.697. The van der Waals surface area contributed by atoms with E-state index in [1.165, 1.54) is 5.56 Å². The molecule has 0 aliphatic carbocycles. The first-order valence-electron chi connectivity index (χ1n) is 9.96. The molecule has 3 heterocycles. The van der Waals surface area contributed by atoms with E-state index in [9.17, 15) is 4.79 Å². The fourth-order valence-corrected chi connectivity index (χ4v) is 3.62. The van der Waals surface area contributed by atoms with Crippen LogP contribution in [0.3, 0.4) is 0 Å². The third kappa shape index (κ3) is 5.13. The van der Waals surface area contributed by atoms with Crippen molar-refractivity contribution in [2.24, 2.45) is 0 Å². The van der Waals surface area contributed by atoms with E-state index in [0.717, 1.165) is 31.5 Å². The number of anilines is 2. The van der Waals surface area contributed by atoms with Crippen molar-refractivity contribution in [3.8, 4) is 0 Å². The lowest BCUT2D eigenvalue weighted by atomic mass is 9.94. The predicted molar refractivity (Wildman–Crippen MR) is 111 cm³/mol. The first-order chi connectivity index (χ1) is 14.3. The first-order valence-corrected chi connectivity index (χ1v) is 9.96. The topological polar surface area (TPSA) is 83.9 Å². The lowest BCUT2D eigenvalue weighted by Gasteiger charge is -2.32. The van der Waals surface area contributed by atoms with Crippen LogP contribution < -0.4 is 5.32 Å². The number of nitrogens with zero attached hydrogens (tertiary/aromatic N) is 5. The van der Waals surface area contributed by atoms with Crippen molar-refractivity contribution in [3.05, 3.63) is 72.3 Å². The Morgan fingerprint density at radius 2 is 1.79 bits per heavy atom. The van der Waals surface area contributed by atoms with Crippen LogP contribution >= 0.6 is 0 Å². The number of likely N-dealkylation sites (tertiary alicyclic amines) is 1. The van der Waals surface area contributed by atoms with Gasteiger partial charge in [0.15, 0.2) is 0 Å². The van der Waals surface area contributed by atoms with Crippen molar-refractivity contribution < 1.29 is 4.79 Å². The SMILES string of the molecule is O=C(CCc1ccccc1)N1CCC[C@H](c2ccnc(Nc3ncccn3)n2)C1. The van der Waals surface area contributed by atoms with E-state index in [1.807, 2.05) is 29.2 Å². The highest BCUT2D eigenvalue weighted by molar-refractivity contribution is 5.76. The number of benzene rings is 1. The summed E-state index contributed by atoms with van der Waals surface area (Å²) in [6, 6.07) is 13.8. The Hall–Kier alpha value is -3.35. The second kappa shape index (κ2) is 9.23. The molecule has 4 rings (SSSR count). The zero-order valence-corrected chi connectivity index (χ0v) is 16.2. The van der Waals surface area contributed by atoms with Crippen LogP contribution in [0.15, 0.2) is 61.1 Å². The molecule has 1 aliphatic rings. The fraction of sp³-hybridized carbons (Fsp3) is 0.318. The molecule has 1 aromatic carbocycles. The van der Waals surface area contributed by atoms with Crippen molar-refractivity contribution >= 4 is 17.8 Å². The Kier molecular flexibility index (Phi) is 6.04. The van der Waals surface area contributed by atoms with Crippen LogP contribution in [0.4, 0.5) is 11.9 Å². The molecule has 7 heteroatoms. The van der Waals surface area contributed by atoms with Gasteiger partial charge in [0.25, 0.3) is 0 Å². The van der Waals surface area contributed by atoms with Gasteiger partial charge >= 0.3 is 0 Å². The number of piperidine rings is 1. The summed E-state index contributed by atoms with van der Waals surface area (Å²) in [7, 11) is 0. The number of rotatable bonds is 6. The summed E-state index contributed by atoms with van der Waals surface area (Å²) in [6.45, 7) is 1.52. The summed E-state index contributed by atoms with van der Waals surface area (Å²) >= 11 is 0. The molecule has 0 spiro atoms. The smallest absolute Gasteiger partial charge is 0.229 e. The Labute approximate surface area is 170 Å². The van der Waals surface area contributed by atoms with Crippen molar-refractivity contribution in [3.63, 3.8) is 0 Å². The van der Waals surface area contributed by atoms with Crippen molar-refractivity contribution in [2.45, 2.75) is 31.6 Å². The van der Waals surface area contributed by atoms with Gasteiger partial charge in [-0.05, 0) is 37.0 Å². The number of carbonyl (C=O) groups excluding carboxylic acids is 1. The van der Waals surface area contributed by atoms with Gasteiger partial charge < -0.3 is 4.90 Å². The lowest BCUT2D eigenvalue weighted by molar-refractivity contribution is -0.132. The van der Waals surface area contributed by atoms with Crippen molar-refractivity contribution in [1.82, 2.24) is 24.8 Å². The first kappa shape index (κ1) is 19.0. The minimum atomic E-state index is 0.212. The molecule has 148 valence electrons. The van der Waals surface area contributed by atoms with Crippen LogP contribution in [-0.4, -0.2) is 43.8 Å². The third-order valence-electron chi connectivity index (χ3n) is 5.13. The molecule has 3 aromatic rings. The minimum Gasteiger partial charge on any atom is -0.342 e. The van der Waals surface area contributed by atoms with E-state index >= 15 is 0 Å².